The van der Waals surface area contributed by atoms with Gasteiger partial charge in [-0.25, -0.2) is 0 Å². The van der Waals surface area contributed by atoms with Crippen molar-refractivity contribution < 1.29 is 4.80 Å². The molecule has 0 spiro atoms. The van der Waals surface area contributed by atoms with Crippen LogP contribution >= 0.6 is 0 Å². The fourth-order valence-electron chi connectivity index (χ4n) is 5.83. The molecule has 0 aliphatic carbocycles. The molecule has 3 unspecified atom stereocenters. The highest BCUT2D eigenvalue weighted by Crippen LogP contribution is 2.46. The summed E-state index contributed by atoms with van der Waals surface area (Å²) in [6.07, 6.45) is 27.8. The Bertz CT molecular complexity index is 328. The van der Waals surface area contributed by atoms with Crippen LogP contribution in [0, 0.1) is 0 Å². The van der Waals surface area contributed by atoms with Gasteiger partial charge in [0, 0.05) is 0 Å². The molecule has 0 saturated heterocycles. The smallest absolute Gasteiger partial charge is 0.245 e. The molecular weight excluding hydrogens is 404 g/mol. The minimum Gasteiger partial charge on any atom is -0.296 e. The minimum absolute atomic E-state index is 0.443. The molecule has 0 bridgehead atoms. The SMILES string of the molecule is CCCCCCCCC(C)[Si]([O])(C(C)CCCCCCCC)C(C)CCCCCCCC. The molecule has 0 rings (SSSR count). The third-order valence-corrected chi connectivity index (χ3v) is 13.8. The predicted octanol–water partition coefficient (Wildman–Crippen LogP) is 11.8. The summed E-state index contributed by atoms with van der Waals surface area (Å²) in [5.74, 6) is 0. The van der Waals surface area contributed by atoms with Crippen LogP contribution in [0.1, 0.15) is 176 Å². The van der Waals surface area contributed by atoms with E-state index in [1.807, 2.05) is 0 Å². The van der Waals surface area contributed by atoms with Gasteiger partial charge in [0.05, 0.1) is 0 Å². The van der Waals surface area contributed by atoms with Gasteiger partial charge in [-0.2, -0.15) is 0 Å². The molecule has 193 valence electrons. The van der Waals surface area contributed by atoms with E-state index in [-0.39, 0.29) is 0 Å². The van der Waals surface area contributed by atoms with Crippen LogP contribution in [-0.4, -0.2) is 8.32 Å². The lowest BCUT2D eigenvalue weighted by molar-refractivity contribution is 0.346. The zero-order valence-corrected chi connectivity index (χ0v) is 24.5. The van der Waals surface area contributed by atoms with Gasteiger partial charge in [-0.3, -0.25) is 4.80 Å². The average Bonchev–Trinajstić information content (AvgIpc) is 2.79. The molecule has 0 fully saturated rings. The van der Waals surface area contributed by atoms with Crippen molar-refractivity contribution >= 4 is 8.32 Å². The zero-order valence-electron chi connectivity index (χ0n) is 23.5. The van der Waals surface area contributed by atoms with Gasteiger partial charge in [0.2, 0.25) is 8.32 Å². The van der Waals surface area contributed by atoms with Crippen molar-refractivity contribution in [2.75, 3.05) is 0 Å². The first kappa shape index (κ1) is 32.2. The highest BCUT2D eigenvalue weighted by atomic mass is 28.4. The number of hydrogen-bond acceptors (Lipinski definition) is 0. The largest absolute Gasteiger partial charge is 0.296 e. The predicted molar refractivity (Wildman–Crippen MR) is 149 cm³/mol. The highest BCUT2D eigenvalue weighted by molar-refractivity contribution is 6.76. The van der Waals surface area contributed by atoms with Gasteiger partial charge in [0.1, 0.15) is 0 Å². The number of unbranched alkanes of at least 4 members (excludes halogenated alkanes) is 15. The Morgan fingerprint density at radius 1 is 0.406 bits per heavy atom. The Morgan fingerprint density at radius 3 is 0.875 bits per heavy atom. The van der Waals surface area contributed by atoms with Crippen LogP contribution in [0.25, 0.3) is 0 Å². The summed E-state index contributed by atoms with van der Waals surface area (Å²) in [5, 5.41) is 0. The summed E-state index contributed by atoms with van der Waals surface area (Å²) in [6.45, 7) is 13.9. The molecule has 0 N–H and O–H groups in total. The fraction of sp³-hybridized carbons (Fsp3) is 1.00. The second kappa shape index (κ2) is 21.7. The van der Waals surface area contributed by atoms with E-state index in [0.29, 0.717) is 16.6 Å². The summed E-state index contributed by atoms with van der Waals surface area (Å²) in [7, 11) is -2.54. The van der Waals surface area contributed by atoms with Crippen molar-refractivity contribution in [3.8, 4) is 0 Å². The van der Waals surface area contributed by atoms with E-state index in [1.165, 1.54) is 135 Å². The Hall–Kier alpha value is 0.177. The maximum Gasteiger partial charge on any atom is 0.245 e. The first-order valence-electron chi connectivity index (χ1n) is 15.1. The molecule has 0 heterocycles. The lowest BCUT2D eigenvalue weighted by Gasteiger charge is -2.39. The molecule has 0 amide bonds. The minimum atomic E-state index is -2.54. The van der Waals surface area contributed by atoms with Crippen LogP contribution in [0.15, 0.2) is 0 Å². The topological polar surface area (TPSA) is 19.9 Å². The molecule has 2 heteroatoms. The normalized spacial score (nSPS) is 16.6. The Labute approximate surface area is 206 Å². The maximum atomic E-state index is 14.6. The van der Waals surface area contributed by atoms with Gasteiger partial charge in [0.25, 0.3) is 0 Å². The lowest BCUT2D eigenvalue weighted by atomic mass is 10.1. The summed E-state index contributed by atoms with van der Waals surface area (Å²) in [4.78, 5) is 14.6. The van der Waals surface area contributed by atoms with Crippen LogP contribution in [0.2, 0.25) is 16.6 Å². The van der Waals surface area contributed by atoms with E-state index in [2.05, 4.69) is 41.5 Å². The Morgan fingerprint density at radius 2 is 0.625 bits per heavy atom. The standard InChI is InChI=1S/C30H63OSi/c1-7-10-13-16-19-22-25-28(4)32(31,29(5)26-23-20-17-14-11-8-2)30(6)27-24-21-18-15-12-9-3/h28-30H,7-27H2,1-6H3. The monoisotopic (exact) mass is 467 g/mol. The van der Waals surface area contributed by atoms with E-state index in [4.69, 9.17) is 0 Å². The second-order valence-electron chi connectivity index (χ2n) is 11.2. The summed E-state index contributed by atoms with van der Waals surface area (Å²) in [5.41, 5.74) is 1.33. The van der Waals surface area contributed by atoms with E-state index in [9.17, 15) is 4.80 Å². The number of rotatable bonds is 24. The fourth-order valence-corrected chi connectivity index (χ4v) is 10.7. The van der Waals surface area contributed by atoms with E-state index in [0.717, 1.165) is 0 Å². The van der Waals surface area contributed by atoms with Gasteiger partial charge in [0.15, 0.2) is 0 Å². The Kier molecular flexibility index (Phi) is 21.8. The summed E-state index contributed by atoms with van der Waals surface area (Å²) in [6, 6.07) is 0. The van der Waals surface area contributed by atoms with Gasteiger partial charge >= 0.3 is 0 Å². The summed E-state index contributed by atoms with van der Waals surface area (Å²) < 4.78 is 0. The van der Waals surface area contributed by atoms with Crippen molar-refractivity contribution in [3.63, 3.8) is 0 Å². The third kappa shape index (κ3) is 14.4. The van der Waals surface area contributed by atoms with Crippen LogP contribution in [0.4, 0.5) is 0 Å². The van der Waals surface area contributed by atoms with Crippen molar-refractivity contribution in [2.24, 2.45) is 0 Å². The van der Waals surface area contributed by atoms with Gasteiger partial charge < -0.3 is 0 Å². The molecule has 0 aliphatic heterocycles. The second-order valence-corrected chi connectivity index (χ2v) is 15.9. The molecule has 3 atom stereocenters. The first-order valence-corrected chi connectivity index (χ1v) is 17.3. The van der Waals surface area contributed by atoms with Crippen molar-refractivity contribution in [2.45, 2.75) is 193 Å². The molecule has 32 heavy (non-hydrogen) atoms. The van der Waals surface area contributed by atoms with Crippen LogP contribution in [-0.2, 0) is 4.80 Å². The van der Waals surface area contributed by atoms with E-state index < -0.39 is 8.32 Å². The summed E-state index contributed by atoms with van der Waals surface area (Å²) >= 11 is 0. The van der Waals surface area contributed by atoms with Crippen molar-refractivity contribution in [1.82, 2.24) is 0 Å². The van der Waals surface area contributed by atoms with Crippen molar-refractivity contribution in [3.05, 3.63) is 0 Å². The molecule has 0 aromatic heterocycles. The first-order chi connectivity index (χ1) is 15.4. The Balaban J connectivity index is 4.71. The average molecular weight is 468 g/mol. The van der Waals surface area contributed by atoms with Gasteiger partial charge in [-0.1, -0.05) is 176 Å². The van der Waals surface area contributed by atoms with Crippen LogP contribution in [0.5, 0.6) is 0 Å². The zero-order chi connectivity index (χ0) is 24.1. The van der Waals surface area contributed by atoms with E-state index >= 15 is 0 Å². The maximum absolute atomic E-state index is 14.6. The lowest BCUT2D eigenvalue weighted by Crippen LogP contribution is -2.46. The number of hydrogen-bond donors (Lipinski definition) is 0. The van der Waals surface area contributed by atoms with Crippen LogP contribution < -0.4 is 0 Å². The van der Waals surface area contributed by atoms with Gasteiger partial charge in [-0.05, 0) is 16.6 Å². The molecule has 0 aliphatic rings. The van der Waals surface area contributed by atoms with Crippen LogP contribution in [0.3, 0.4) is 0 Å². The van der Waals surface area contributed by atoms with Crippen molar-refractivity contribution in [1.29, 1.82) is 0 Å². The van der Waals surface area contributed by atoms with E-state index in [1.54, 1.807) is 0 Å². The molecular formula is C30H63OSi. The molecule has 0 saturated carbocycles. The quantitative estimate of drug-likeness (QED) is 0.0993. The molecule has 0 aromatic rings. The molecule has 1 radical (unpaired) electrons. The van der Waals surface area contributed by atoms with Gasteiger partial charge in [-0.15, -0.1) is 0 Å². The third-order valence-electron chi connectivity index (χ3n) is 8.28. The highest BCUT2D eigenvalue weighted by Gasteiger charge is 2.48. The molecule has 1 nitrogen and oxygen atoms in total. The molecule has 0 aromatic carbocycles.